The van der Waals surface area contributed by atoms with Gasteiger partial charge < -0.3 is 15.4 Å². The van der Waals surface area contributed by atoms with Gasteiger partial charge in [0.2, 0.25) is 0 Å². The van der Waals surface area contributed by atoms with Crippen molar-refractivity contribution in [3.63, 3.8) is 0 Å². The van der Waals surface area contributed by atoms with Crippen LogP contribution in [0.2, 0.25) is 0 Å². The number of hydrogen-bond donors (Lipinski definition) is 2. The Morgan fingerprint density at radius 1 is 1.19 bits per heavy atom. The molecule has 0 spiro atoms. The zero-order chi connectivity index (χ0) is 19.2. The highest BCUT2D eigenvalue weighted by molar-refractivity contribution is 14.0. The SMILES string of the molecule is CN=C(NCCc1ccc(F)cc1)NCC(C)(C)N1CC(C)OC(C)C1.I. The van der Waals surface area contributed by atoms with Crippen LogP contribution >= 0.6 is 24.0 Å². The van der Waals surface area contributed by atoms with Crippen molar-refractivity contribution in [1.29, 1.82) is 0 Å². The maximum atomic E-state index is 12.9. The van der Waals surface area contributed by atoms with Gasteiger partial charge in [-0.3, -0.25) is 9.89 Å². The van der Waals surface area contributed by atoms with Gasteiger partial charge in [0.25, 0.3) is 0 Å². The highest BCUT2D eigenvalue weighted by Gasteiger charge is 2.33. The van der Waals surface area contributed by atoms with Crippen LogP contribution in [-0.4, -0.2) is 61.8 Å². The largest absolute Gasteiger partial charge is 0.373 e. The molecule has 0 aromatic heterocycles. The Balaban J connectivity index is 0.00000364. The first-order valence-corrected chi connectivity index (χ1v) is 9.39. The Bertz CT molecular complexity index is 584. The lowest BCUT2D eigenvalue weighted by atomic mass is 10.00. The third kappa shape index (κ3) is 7.91. The van der Waals surface area contributed by atoms with Crippen molar-refractivity contribution in [3.05, 3.63) is 35.6 Å². The average Bonchev–Trinajstić information content (AvgIpc) is 2.58. The summed E-state index contributed by atoms with van der Waals surface area (Å²) < 4.78 is 18.8. The summed E-state index contributed by atoms with van der Waals surface area (Å²) in [5, 5.41) is 6.76. The van der Waals surface area contributed by atoms with Crippen molar-refractivity contribution in [2.75, 3.05) is 33.2 Å². The number of benzene rings is 1. The number of ether oxygens (including phenoxy) is 1. The number of halogens is 2. The van der Waals surface area contributed by atoms with Gasteiger partial charge in [0, 0.05) is 38.8 Å². The molecule has 0 aliphatic carbocycles. The van der Waals surface area contributed by atoms with Crippen LogP contribution in [0.3, 0.4) is 0 Å². The molecule has 2 atom stereocenters. The van der Waals surface area contributed by atoms with Crippen LogP contribution in [0, 0.1) is 5.82 Å². The number of nitrogens with zero attached hydrogens (tertiary/aromatic N) is 2. The van der Waals surface area contributed by atoms with Gasteiger partial charge in [0.05, 0.1) is 12.2 Å². The molecule has 1 aromatic rings. The molecule has 2 unspecified atom stereocenters. The van der Waals surface area contributed by atoms with Crippen molar-refractivity contribution < 1.29 is 9.13 Å². The third-order valence-corrected chi connectivity index (χ3v) is 4.81. The zero-order valence-corrected chi connectivity index (χ0v) is 19.4. The maximum absolute atomic E-state index is 12.9. The van der Waals surface area contributed by atoms with Gasteiger partial charge in [0.1, 0.15) is 5.82 Å². The standard InChI is InChI=1S/C20H33FN4O.HI/c1-15-12-25(13-16(2)26-15)20(3,4)14-24-19(22-5)23-11-10-17-6-8-18(21)9-7-17;/h6-9,15-16H,10-14H2,1-5H3,(H2,22,23,24);1H. The number of hydrogen-bond acceptors (Lipinski definition) is 3. The van der Waals surface area contributed by atoms with Gasteiger partial charge in [-0.05, 0) is 51.8 Å². The highest BCUT2D eigenvalue weighted by Crippen LogP contribution is 2.20. The highest BCUT2D eigenvalue weighted by atomic mass is 127. The normalized spacial score (nSPS) is 21.5. The van der Waals surface area contributed by atoms with Crippen molar-refractivity contribution in [3.8, 4) is 0 Å². The maximum Gasteiger partial charge on any atom is 0.191 e. The third-order valence-electron chi connectivity index (χ3n) is 4.81. The molecule has 1 aliphatic rings. The second-order valence-corrected chi connectivity index (χ2v) is 7.70. The van der Waals surface area contributed by atoms with E-state index in [1.807, 2.05) is 12.1 Å². The van der Waals surface area contributed by atoms with E-state index < -0.39 is 0 Å². The summed E-state index contributed by atoms with van der Waals surface area (Å²) >= 11 is 0. The van der Waals surface area contributed by atoms with E-state index in [-0.39, 0.29) is 47.5 Å². The summed E-state index contributed by atoms with van der Waals surface area (Å²) in [6, 6.07) is 6.62. The van der Waals surface area contributed by atoms with E-state index in [1.165, 1.54) is 12.1 Å². The van der Waals surface area contributed by atoms with Crippen LogP contribution in [-0.2, 0) is 11.2 Å². The lowest BCUT2D eigenvalue weighted by Gasteiger charge is -2.45. The predicted molar refractivity (Wildman–Crippen MR) is 121 cm³/mol. The van der Waals surface area contributed by atoms with Gasteiger partial charge in [-0.1, -0.05) is 12.1 Å². The lowest BCUT2D eigenvalue weighted by molar-refractivity contribution is -0.0946. The fraction of sp³-hybridized carbons (Fsp3) is 0.650. The van der Waals surface area contributed by atoms with Crippen molar-refractivity contribution >= 4 is 29.9 Å². The summed E-state index contributed by atoms with van der Waals surface area (Å²) in [4.78, 5) is 6.78. The van der Waals surface area contributed by atoms with Crippen LogP contribution < -0.4 is 10.6 Å². The molecule has 7 heteroatoms. The van der Waals surface area contributed by atoms with E-state index in [1.54, 1.807) is 7.05 Å². The molecule has 2 N–H and O–H groups in total. The second kappa shape index (κ2) is 11.2. The van der Waals surface area contributed by atoms with Crippen LogP contribution in [0.5, 0.6) is 0 Å². The van der Waals surface area contributed by atoms with Crippen molar-refractivity contribution in [2.24, 2.45) is 4.99 Å². The van der Waals surface area contributed by atoms with E-state index in [2.05, 4.69) is 48.2 Å². The molecule has 0 saturated carbocycles. The van der Waals surface area contributed by atoms with Gasteiger partial charge in [-0.2, -0.15) is 0 Å². The van der Waals surface area contributed by atoms with Crippen LogP contribution in [0.4, 0.5) is 4.39 Å². The number of rotatable bonds is 6. The first kappa shape index (κ1) is 24.1. The van der Waals surface area contributed by atoms with E-state index in [0.29, 0.717) is 0 Å². The Hall–Kier alpha value is -0.930. The fourth-order valence-electron chi connectivity index (χ4n) is 3.28. The number of aliphatic imine (C=N–C) groups is 1. The van der Waals surface area contributed by atoms with Crippen LogP contribution in [0.25, 0.3) is 0 Å². The van der Waals surface area contributed by atoms with Gasteiger partial charge in [-0.25, -0.2) is 4.39 Å². The summed E-state index contributed by atoms with van der Waals surface area (Å²) in [5.41, 5.74) is 1.10. The summed E-state index contributed by atoms with van der Waals surface area (Å²) in [6.07, 6.45) is 1.33. The molecule has 0 amide bonds. The predicted octanol–water partition coefficient (Wildman–Crippen LogP) is 3.04. The number of morpholine rings is 1. The van der Waals surface area contributed by atoms with E-state index >= 15 is 0 Å². The molecular formula is C20H34FIN4O. The molecule has 0 bridgehead atoms. The molecule has 1 aliphatic heterocycles. The lowest BCUT2D eigenvalue weighted by Crippen LogP contribution is -2.59. The Kier molecular flexibility index (Phi) is 9.97. The molecule has 1 heterocycles. The fourth-order valence-corrected chi connectivity index (χ4v) is 3.28. The minimum atomic E-state index is -0.201. The molecule has 5 nitrogen and oxygen atoms in total. The Morgan fingerprint density at radius 3 is 2.33 bits per heavy atom. The average molecular weight is 492 g/mol. The van der Waals surface area contributed by atoms with Gasteiger partial charge in [0.15, 0.2) is 5.96 Å². The first-order chi connectivity index (χ1) is 12.3. The van der Waals surface area contributed by atoms with E-state index in [9.17, 15) is 4.39 Å². The molecule has 1 fully saturated rings. The minimum absolute atomic E-state index is 0. The molecule has 1 aromatic carbocycles. The van der Waals surface area contributed by atoms with Crippen LogP contribution in [0.15, 0.2) is 29.3 Å². The summed E-state index contributed by atoms with van der Waals surface area (Å²) in [5.74, 6) is 0.586. The topological polar surface area (TPSA) is 48.9 Å². The monoisotopic (exact) mass is 492 g/mol. The zero-order valence-electron chi connectivity index (χ0n) is 17.1. The van der Waals surface area contributed by atoms with E-state index in [4.69, 9.17) is 4.74 Å². The first-order valence-electron chi connectivity index (χ1n) is 9.39. The molecule has 27 heavy (non-hydrogen) atoms. The Labute approximate surface area is 180 Å². The number of guanidine groups is 1. The Morgan fingerprint density at radius 2 is 1.78 bits per heavy atom. The van der Waals surface area contributed by atoms with Crippen molar-refractivity contribution in [1.82, 2.24) is 15.5 Å². The minimum Gasteiger partial charge on any atom is -0.373 e. The molecular weight excluding hydrogens is 458 g/mol. The molecule has 0 radical (unpaired) electrons. The quantitative estimate of drug-likeness (QED) is 0.364. The molecule has 2 rings (SSSR count). The summed E-state index contributed by atoms with van der Waals surface area (Å²) in [6.45, 7) is 12.2. The van der Waals surface area contributed by atoms with Gasteiger partial charge >= 0.3 is 0 Å². The summed E-state index contributed by atoms with van der Waals surface area (Å²) in [7, 11) is 1.78. The van der Waals surface area contributed by atoms with Crippen LogP contribution in [0.1, 0.15) is 33.3 Å². The van der Waals surface area contributed by atoms with Crippen molar-refractivity contribution in [2.45, 2.75) is 51.9 Å². The number of nitrogens with one attached hydrogen (secondary N) is 2. The second-order valence-electron chi connectivity index (χ2n) is 7.70. The van der Waals surface area contributed by atoms with E-state index in [0.717, 1.165) is 44.1 Å². The molecule has 154 valence electrons. The molecule has 1 saturated heterocycles. The van der Waals surface area contributed by atoms with Gasteiger partial charge in [-0.15, -0.1) is 24.0 Å². The smallest absolute Gasteiger partial charge is 0.191 e.